The van der Waals surface area contributed by atoms with Crippen LogP contribution in [0.3, 0.4) is 0 Å². The predicted molar refractivity (Wildman–Crippen MR) is 104 cm³/mol. The Morgan fingerprint density at radius 2 is 1.67 bits per heavy atom. The maximum atomic E-state index is 12.0. The molecular weight excluding hydrogens is 348 g/mol. The number of ether oxygens (including phenoxy) is 1. The first kappa shape index (κ1) is 18.9. The van der Waals surface area contributed by atoms with E-state index in [2.05, 4.69) is 10.6 Å². The minimum absolute atomic E-state index is 0.00599. The summed E-state index contributed by atoms with van der Waals surface area (Å²) >= 11 is 0. The lowest BCUT2D eigenvalue weighted by Gasteiger charge is -2.22. The summed E-state index contributed by atoms with van der Waals surface area (Å²) in [5.74, 6) is -0.379. The van der Waals surface area contributed by atoms with Gasteiger partial charge in [-0.25, -0.2) is 0 Å². The largest absolute Gasteiger partial charge is 0.503 e. The number of phenols is 1. The Balaban J connectivity index is 1.77. The van der Waals surface area contributed by atoms with E-state index in [1.807, 2.05) is 0 Å². The molecule has 7 heteroatoms. The molecule has 0 aliphatic heterocycles. The van der Waals surface area contributed by atoms with Crippen LogP contribution in [0.4, 0.5) is 11.4 Å². The minimum Gasteiger partial charge on any atom is -0.503 e. The molecule has 0 atom stereocenters. The number of anilines is 2. The third-order valence-corrected chi connectivity index (χ3v) is 5.00. The summed E-state index contributed by atoms with van der Waals surface area (Å²) in [5.41, 5.74) is -0.968. The fourth-order valence-electron chi connectivity index (χ4n) is 3.48. The van der Waals surface area contributed by atoms with Crippen LogP contribution in [0, 0.1) is 0 Å². The molecule has 1 amide bonds. The normalized spacial score (nSPS) is 16.1. The first-order valence-electron chi connectivity index (χ1n) is 9.41. The van der Waals surface area contributed by atoms with Crippen molar-refractivity contribution < 1.29 is 14.6 Å². The van der Waals surface area contributed by atoms with Gasteiger partial charge in [0.05, 0.1) is 5.69 Å². The van der Waals surface area contributed by atoms with Crippen LogP contribution in [0.1, 0.15) is 51.4 Å². The molecule has 3 N–H and O–H groups in total. The van der Waals surface area contributed by atoms with Crippen molar-refractivity contribution in [3.05, 3.63) is 38.6 Å². The molecule has 1 fully saturated rings. The molecule has 1 aliphatic rings. The molecule has 3 rings (SSSR count). The van der Waals surface area contributed by atoms with Crippen LogP contribution >= 0.6 is 0 Å². The molecule has 2 aromatic carbocycles. The monoisotopic (exact) mass is 372 g/mol. The number of hydrogen-bond donors (Lipinski definition) is 3. The van der Waals surface area contributed by atoms with Crippen molar-refractivity contribution in [3.8, 4) is 17.2 Å². The first-order valence-corrected chi connectivity index (χ1v) is 9.41. The zero-order valence-corrected chi connectivity index (χ0v) is 15.1. The van der Waals surface area contributed by atoms with Crippen molar-refractivity contribution in [2.24, 2.45) is 0 Å². The minimum atomic E-state index is -0.714. The van der Waals surface area contributed by atoms with Crippen LogP contribution in [-0.4, -0.2) is 17.6 Å². The highest BCUT2D eigenvalue weighted by Crippen LogP contribution is 2.37. The summed E-state index contributed by atoms with van der Waals surface area (Å²) in [6, 6.07) is 4.66. The summed E-state index contributed by atoms with van der Waals surface area (Å²) in [4.78, 5) is 34.6. The van der Waals surface area contributed by atoms with Gasteiger partial charge in [0, 0.05) is 6.04 Å². The lowest BCUT2D eigenvalue weighted by molar-refractivity contribution is -0.105. The second-order valence-electron chi connectivity index (χ2n) is 6.92. The van der Waals surface area contributed by atoms with Crippen molar-refractivity contribution in [2.45, 2.75) is 57.4 Å². The number of rotatable bonds is 6. The molecule has 2 aromatic rings. The second kappa shape index (κ2) is 8.70. The Bertz CT molecular complexity index is 860. The van der Waals surface area contributed by atoms with Gasteiger partial charge in [0.25, 0.3) is 10.9 Å². The third-order valence-electron chi connectivity index (χ3n) is 5.00. The molecular formula is C20H24N2O5. The molecule has 1 saturated carbocycles. The summed E-state index contributed by atoms with van der Waals surface area (Å²) < 4.78 is 5.53. The van der Waals surface area contributed by atoms with Crippen molar-refractivity contribution in [1.82, 2.24) is 0 Å². The van der Waals surface area contributed by atoms with Crippen molar-refractivity contribution in [1.29, 1.82) is 0 Å². The van der Waals surface area contributed by atoms with Crippen LogP contribution in [0.15, 0.2) is 27.8 Å². The molecule has 144 valence electrons. The van der Waals surface area contributed by atoms with Gasteiger partial charge in [0.1, 0.15) is 5.69 Å². The van der Waals surface area contributed by atoms with E-state index in [9.17, 15) is 19.5 Å². The summed E-state index contributed by atoms with van der Waals surface area (Å²) in [6.07, 6.45) is 9.34. The van der Waals surface area contributed by atoms with Crippen LogP contribution in [-0.2, 0) is 4.79 Å². The van der Waals surface area contributed by atoms with Gasteiger partial charge in [0.15, 0.2) is 11.5 Å². The fraction of sp³-hybridized carbons (Fsp3) is 0.450. The van der Waals surface area contributed by atoms with Gasteiger partial charge < -0.3 is 20.5 Å². The zero-order valence-electron chi connectivity index (χ0n) is 15.1. The van der Waals surface area contributed by atoms with E-state index in [-0.39, 0.29) is 34.7 Å². The average molecular weight is 372 g/mol. The number of aromatic hydroxyl groups is 1. The zero-order chi connectivity index (χ0) is 19.2. The van der Waals surface area contributed by atoms with Crippen molar-refractivity contribution >= 4 is 17.8 Å². The van der Waals surface area contributed by atoms with E-state index < -0.39 is 10.9 Å². The smallest absolute Gasteiger partial charge is 0.272 e. The average Bonchev–Trinajstić information content (AvgIpc) is 2.81. The van der Waals surface area contributed by atoms with E-state index in [0.717, 1.165) is 25.7 Å². The van der Waals surface area contributed by atoms with Crippen LogP contribution in [0.2, 0.25) is 0 Å². The Morgan fingerprint density at radius 1 is 1.00 bits per heavy atom. The lowest BCUT2D eigenvalue weighted by Crippen LogP contribution is -2.37. The molecule has 0 aromatic heterocycles. The van der Waals surface area contributed by atoms with E-state index in [1.165, 1.54) is 37.8 Å². The number of carbonyl (C=O) groups excluding carboxylic acids is 1. The molecule has 0 heterocycles. The molecule has 0 bridgehead atoms. The SMILES string of the molecule is O=CNc1cccc(Oc2c(NC3CCCCCCCC3)c(=O)c2=O)c1O. The molecule has 1 aliphatic carbocycles. The van der Waals surface area contributed by atoms with Gasteiger partial charge in [-0.15, -0.1) is 0 Å². The summed E-state index contributed by atoms with van der Waals surface area (Å²) in [5, 5.41) is 15.7. The van der Waals surface area contributed by atoms with Gasteiger partial charge in [-0.1, -0.05) is 44.6 Å². The van der Waals surface area contributed by atoms with E-state index in [0.29, 0.717) is 6.41 Å². The number of carbonyl (C=O) groups is 1. The number of nitrogens with one attached hydrogen (secondary N) is 2. The quantitative estimate of drug-likeness (QED) is 0.408. The molecule has 0 saturated heterocycles. The maximum absolute atomic E-state index is 12.0. The maximum Gasteiger partial charge on any atom is 0.272 e. The van der Waals surface area contributed by atoms with Crippen molar-refractivity contribution in [2.75, 3.05) is 10.6 Å². The van der Waals surface area contributed by atoms with Gasteiger partial charge >= 0.3 is 0 Å². The standard InChI is InChI=1S/C20H24N2O5/c23-12-21-14-10-7-11-15(17(14)24)27-20-16(18(25)19(20)26)22-13-8-5-3-1-2-4-6-9-13/h7,10-13,22,24H,1-6,8-9H2,(H,21,23). The fourth-order valence-corrected chi connectivity index (χ4v) is 3.48. The second-order valence-corrected chi connectivity index (χ2v) is 6.92. The van der Waals surface area contributed by atoms with Crippen LogP contribution < -0.4 is 26.2 Å². The van der Waals surface area contributed by atoms with Crippen LogP contribution in [0.5, 0.6) is 17.2 Å². The number of phenolic OH excluding ortho intramolecular Hbond substituents is 1. The topological polar surface area (TPSA) is 105 Å². The Morgan fingerprint density at radius 3 is 2.33 bits per heavy atom. The predicted octanol–water partition coefficient (Wildman–Crippen LogP) is 3.26. The van der Waals surface area contributed by atoms with Crippen molar-refractivity contribution in [3.63, 3.8) is 0 Å². The first-order chi connectivity index (χ1) is 13.1. The summed E-state index contributed by atoms with van der Waals surface area (Å²) in [6.45, 7) is 0. The molecule has 0 spiro atoms. The third kappa shape index (κ3) is 4.30. The van der Waals surface area contributed by atoms with Gasteiger partial charge in [0.2, 0.25) is 12.2 Å². The number of benzene rings is 1. The van der Waals surface area contributed by atoms with E-state index in [4.69, 9.17) is 4.74 Å². The highest BCUT2D eigenvalue weighted by atomic mass is 16.5. The van der Waals surface area contributed by atoms with Gasteiger partial charge in [-0.05, 0) is 25.0 Å². The Hall–Kier alpha value is -2.83. The Labute approximate surface area is 157 Å². The van der Waals surface area contributed by atoms with E-state index in [1.54, 1.807) is 6.07 Å². The molecule has 7 nitrogen and oxygen atoms in total. The van der Waals surface area contributed by atoms with Gasteiger partial charge in [-0.3, -0.25) is 14.4 Å². The molecule has 0 unspecified atom stereocenters. The highest BCUT2D eigenvalue weighted by Gasteiger charge is 2.26. The number of hydrogen-bond acceptors (Lipinski definition) is 6. The number of amides is 1. The lowest BCUT2D eigenvalue weighted by atomic mass is 10.0. The highest BCUT2D eigenvalue weighted by molar-refractivity contribution is 5.77. The van der Waals surface area contributed by atoms with Gasteiger partial charge in [-0.2, -0.15) is 0 Å². The van der Waals surface area contributed by atoms with E-state index >= 15 is 0 Å². The number of para-hydroxylation sites is 1. The Kier molecular flexibility index (Phi) is 6.11. The molecule has 27 heavy (non-hydrogen) atoms. The van der Waals surface area contributed by atoms with Crippen LogP contribution in [0.25, 0.3) is 0 Å². The summed E-state index contributed by atoms with van der Waals surface area (Å²) in [7, 11) is 0. The molecule has 0 radical (unpaired) electrons.